The summed E-state index contributed by atoms with van der Waals surface area (Å²) < 4.78 is 5.53. The van der Waals surface area contributed by atoms with Crippen molar-refractivity contribution in [2.75, 3.05) is 26.5 Å². The van der Waals surface area contributed by atoms with E-state index in [-0.39, 0.29) is 5.60 Å². The molecule has 2 atom stereocenters. The Labute approximate surface area is 73.1 Å². The number of thioether (sulfide) groups is 1. The minimum absolute atomic E-state index is 0.110. The van der Waals surface area contributed by atoms with Crippen LogP contribution in [0.1, 0.15) is 13.3 Å². The Kier molecular flexibility index (Phi) is 3.22. The van der Waals surface area contributed by atoms with Crippen LogP contribution in [0.3, 0.4) is 0 Å². The maximum Gasteiger partial charge on any atom is 0.0902 e. The number of methoxy groups -OCH3 is 1. The van der Waals surface area contributed by atoms with Crippen molar-refractivity contribution in [1.29, 1.82) is 0 Å². The summed E-state index contributed by atoms with van der Waals surface area (Å²) in [5.74, 6) is 1.13. The van der Waals surface area contributed by atoms with Gasteiger partial charge in [-0.25, -0.2) is 0 Å². The van der Waals surface area contributed by atoms with Gasteiger partial charge in [0.05, 0.1) is 5.60 Å². The quantitative estimate of drug-likeness (QED) is 0.694. The van der Waals surface area contributed by atoms with Crippen molar-refractivity contribution in [3.05, 3.63) is 0 Å². The highest BCUT2D eigenvalue weighted by atomic mass is 32.2. The molecule has 2 unspecified atom stereocenters. The first-order chi connectivity index (χ1) is 5.22. The summed E-state index contributed by atoms with van der Waals surface area (Å²) >= 11 is 2.00. The lowest BCUT2D eigenvalue weighted by Crippen LogP contribution is -2.41. The zero-order valence-electron chi connectivity index (χ0n) is 7.52. The molecule has 1 rings (SSSR count). The van der Waals surface area contributed by atoms with Gasteiger partial charge in [0.1, 0.15) is 0 Å². The number of hydrogen-bond donors (Lipinski definition) is 1. The standard InChI is InChI=1S/C8H17NOS/c1-7-4-8(10-3,5-9-2)6-11-7/h7,9H,4-6H2,1-3H3. The van der Waals surface area contributed by atoms with Crippen LogP contribution in [0.4, 0.5) is 0 Å². The van der Waals surface area contributed by atoms with Gasteiger partial charge in [0.25, 0.3) is 0 Å². The third kappa shape index (κ3) is 2.10. The van der Waals surface area contributed by atoms with Crippen molar-refractivity contribution in [2.45, 2.75) is 24.2 Å². The third-order valence-corrected chi connectivity index (χ3v) is 3.65. The van der Waals surface area contributed by atoms with Gasteiger partial charge in [-0.15, -0.1) is 0 Å². The van der Waals surface area contributed by atoms with Gasteiger partial charge in [-0.3, -0.25) is 0 Å². The number of ether oxygens (including phenoxy) is 1. The van der Waals surface area contributed by atoms with Gasteiger partial charge in [0.15, 0.2) is 0 Å². The van der Waals surface area contributed by atoms with E-state index in [1.807, 2.05) is 25.9 Å². The smallest absolute Gasteiger partial charge is 0.0902 e. The SMILES string of the molecule is CNCC1(OC)CSC(C)C1. The molecule has 0 aromatic carbocycles. The molecule has 2 nitrogen and oxygen atoms in total. The second-order valence-electron chi connectivity index (χ2n) is 3.24. The fourth-order valence-corrected chi connectivity index (χ4v) is 2.94. The van der Waals surface area contributed by atoms with Crippen LogP contribution in [-0.4, -0.2) is 37.3 Å². The molecule has 0 radical (unpaired) electrons. The lowest BCUT2D eigenvalue weighted by Gasteiger charge is -2.26. The van der Waals surface area contributed by atoms with Crippen LogP contribution in [0, 0.1) is 0 Å². The number of nitrogens with one attached hydrogen (secondary N) is 1. The Morgan fingerprint density at radius 1 is 1.73 bits per heavy atom. The molecule has 0 saturated carbocycles. The predicted molar refractivity (Wildman–Crippen MR) is 50.2 cm³/mol. The molecule has 0 aromatic heterocycles. The van der Waals surface area contributed by atoms with E-state index in [2.05, 4.69) is 12.2 Å². The normalized spacial score (nSPS) is 37.9. The maximum absolute atomic E-state index is 5.53. The molecule has 1 saturated heterocycles. The van der Waals surface area contributed by atoms with Gasteiger partial charge >= 0.3 is 0 Å². The van der Waals surface area contributed by atoms with Gasteiger partial charge in [-0.1, -0.05) is 6.92 Å². The van der Waals surface area contributed by atoms with E-state index in [9.17, 15) is 0 Å². The summed E-state index contributed by atoms with van der Waals surface area (Å²) in [4.78, 5) is 0. The molecule has 1 heterocycles. The molecule has 1 N–H and O–H groups in total. The van der Waals surface area contributed by atoms with E-state index in [1.165, 1.54) is 6.42 Å². The molecule has 0 aliphatic carbocycles. The minimum Gasteiger partial charge on any atom is -0.376 e. The number of likely N-dealkylation sites (N-methyl/N-ethyl adjacent to an activating group) is 1. The lowest BCUT2D eigenvalue weighted by molar-refractivity contribution is 0.0118. The fourth-order valence-electron chi connectivity index (χ4n) is 1.60. The Hall–Kier alpha value is 0.270. The molecule has 0 amide bonds. The summed E-state index contributed by atoms with van der Waals surface area (Å²) in [5, 5.41) is 3.94. The summed E-state index contributed by atoms with van der Waals surface area (Å²) in [5.41, 5.74) is 0.110. The predicted octanol–water partition coefficient (Wildman–Crippen LogP) is 1.12. The molecular weight excluding hydrogens is 158 g/mol. The Bertz CT molecular complexity index is 127. The highest BCUT2D eigenvalue weighted by molar-refractivity contribution is 8.00. The molecule has 3 heteroatoms. The summed E-state index contributed by atoms with van der Waals surface area (Å²) in [6, 6.07) is 0. The molecule has 0 bridgehead atoms. The minimum atomic E-state index is 0.110. The van der Waals surface area contributed by atoms with E-state index in [1.54, 1.807) is 0 Å². The first-order valence-electron chi connectivity index (χ1n) is 4.04. The fraction of sp³-hybridized carbons (Fsp3) is 1.00. The molecular formula is C8H17NOS. The van der Waals surface area contributed by atoms with Gasteiger partial charge < -0.3 is 10.1 Å². The van der Waals surface area contributed by atoms with E-state index < -0.39 is 0 Å². The summed E-state index contributed by atoms with van der Waals surface area (Å²) in [7, 11) is 3.80. The van der Waals surface area contributed by atoms with Crippen LogP contribution < -0.4 is 5.32 Å². The molecule has 1 fully saturated rings. The average Bonchev–Trinajstić information content (AvgIpc) is 2.34. The molecule has 0 aromatic rings. The van der Waals surface area contributed by atoms with Crippen LogP contribution in [0.5, 0.6) is 0 Å². The van der Waals surface area contributed by atoms with Crippen molar-refractivity contribution in [3.8, 4) is 0 Å². The van der Waals surface area contributed by atoms with Gasteiger partial charge in [0, 0.05) is 24.7 Å². The van der Waals surface area contributed by atoms with E-state index in [0.717, 1.165) is 17.5 Å². The van der Waals surface area contributed by atoms with Gasteiger partial charge in [-0.05, 0) is 13.5 Å². The van der Waals surface area contributed by atoms with Crippen molar-refractivity contribution in [1.82, 2.24) is 5.32 Å². The van der Waals surface area contributed by atoms with E-state index >= 15 is 0 Å². The highest BCUT2D eigenvalue weighted by Crippen LogP contribution is 2.35. The topological polar surface area (TPSA) is 21.3 Å². The second kappa shape index (κ2) is 3.78. The molecule has 66 valence electrons. The van der Waals surface area contributed by atoms with Crippen LogP contribution in [0.25, 0.3) is 0 Å². The Morgan fingerprint density at radius 2 is 2.45 bits per heavy atom. The van der Waals surface area contributed by atoms with E-state index in [4.69, 9.17) is 4.74 Å². The molecule has 11 heavy (non-hydrogen) atoms. The number of hydrogen-bond acceptors (Lipinski definition) is 3. The van der Waals surface area contributed by atoms with Crippen molar-refractivity contribution in [3.63, 3.8) is 0 Å². The van der Waals surface area contributed by atoms with Crippen LogP contribution in [0.15, 0.2) is 0 Å². The highest BCUT2D eigenvalue weighted by Gasteiger charge is 2.37. The summed E-state index contributed by atoms with van der Waals surface area (Å²) in [6.45, 7) is 3.24. The molecule has 1 aliphatic heterocycles. The average molecular weight is 175 g/mol. The van der Waals surface area contributed by atoms with Crippen LogP contribution in [0.2, 0.25) is 0 Å². The summed E-state index contributed by atoms with van der Waals surface area (Å²) in [6.07, 6.45) is 1.18. The molecule has 1 aliphatic rings. The maximum atomic E-state index is 5.53. The first kappa shape index (κ1) is 9.36. The number of rotatable bonds is 3. The largest absolute Gasteiger partial charge is 0.376 e. The van der Waals surface area contributed by atoms with Crippen molar-refractivity contribution < 1.29 is 4.74 Å². The van der Waals surface area contributed by atoms with Crippen molar-refractivity contribution in [2.24, 2.45) is 0 Å². The second-order valence-corrected chi connectivity index (χ2v) is 4.67. The Balaban J connectivity index is 2.48. The monoisotopic (exact) mass is 175 g/mol. The van der Waals surface area contributed by atoms with E-state index in [0.29, 0.717) is 0 Å². The Morgan fingerprint density at radius 3 is 2.82 bits per heavy atom. The van der Waals surface area contributed by atoms with Gasteiger partial charge in [-0.2, -0.15) is 11.8 Å². The molecule has 0 spiro atoms. The first-order valence-corrected chi connectivity index (χ1v) is 5.09. The third-order valence-electron chi connectivity index (χ3n) is 2.22. The van der Waals surface area contributed by atoms with Gasteiger partial charge in [0.2, 0.25) is 0 Å². The van der Waals surface area contributed by atoms with Crippen molar-refractivity contribution >= 4 is 11.8 Å². The van der Waals surface area contributed by atoms with Crippen LogP contribution in [-0.2, 0) is 4.74 Å². The zero-order chi connectivity index (χ0) is 8.32. The lowest BCUT2D eigenvalue weighted by atomic mass is 10.0. The van der Waals surface area contributed by atoms with Crippen LogP contribution >= 0.6 is 11.8 Å². The zero-order valence-corrected chi connectivity index (χ0v) is 8.33.